The number of carbonyl (C=O) groups is 1. The van der Waals surface area contributed by atoms with Crippen molar-refractivity contribution in [2.45, 2.75) is 50.7 Å². The Balaban J connectivity index is 1.44. The topological polar surface area (TPSA) is 58.4 Å². The first-order chi connectivity index (χ1) is 13.1. The molecule has 1 saturated heterocycles. The van der Waals surface area contributed by atoms with Gasteiger partial charge in [-0.2, -0.15) is 0 Å². The molecule has 142 valence electrons. The molecule has 4 rings (SSSR count). The standard InChI is InChI=1S/C22H26FN3O/c23-17-8-6-15(7-9-17)14-26-12-2-5-21(26)22(27)25-20-4-1-3-16-13-18(24)10-11-19(16)20/h6-11,13,20-21H,1-5,12,14,24H2,(H,25,27). The largest absolute Gasteiger partial charge is 0.399 e. The molecule has 1 fully saturated rings. The molecular formula is C22H26FN3O. The van der Waals surface area contributed by atoms with E-state index >= 15 is 0 Å². The second-order valence-corrected chi connectivity index (χ2v) is 7.67. The number of hydrogen-bond donors (Lipinski definition) is 2. The molecule has 2 aromatic rings. The molecule has 2 unspecified atom stereocenters. The summed E-state index contributed by atoms with van der Waals surface area (Å²) in [6, 6.07) is 12.5. The molecule has 1 heterocycles. The van der Waals surface area contributed by atoms with Crippen LogP contribution in [0, 0.1) is 5.82 Å². The van der Waals surface area contributed by atoms with Crippen LogP contribution >= 0.6 is 0 Å². The van der Waals surface area contributed by atoms with Crippen LogP contribution in [0.4, 0.5) is 10.1 Å². The lowest BCUT2D eigenvalue weighted by molar-refractivity contribution is -0.126. The predicted octanol–water partition coefficient (Wildman–Crippen LogP) is 3.57. The molecule has 27 heavy (non-hydrogen) atoms. The monoisotopic (exact) mass is 367 g/mol. The minimum Gasteiger partial charge on any atom is -0.399 e. The summed E-state index contributed by atoms with van der Waals surface area (Å²) in [6.45, 7) is 1.57. The van der Waals surface area contributed by atoms with Gasteiger partial charge in [-0.25, -0.2) is 4.39 Å². The Morgan fingerprint density at radius 3 is 2.78 bits per heavy atom. The molecule has 0 saturated carbocycles. The van der Waals surface area contributed by atoms with Gasteiger partial charge >= 0.3 is 0 Å². The number of fused-ring (bicyclic) bond motifs is 1. The molecule has 0 aromatic heterocycles. The number of likely N-dealkylation sites (tertiary alicyclic amines) is 1. The lowest BCUT2D eigenvalue weighted by Crippen LogP contribution is -2.44. The van der Waals surface area contributed by atoms with E-state index in [4.69, 9.17) is 5.73 Å². The number of nitrogens with two attached hydrogens (primary N) is 1. The fourth-order valence-electron chi connectivity index (χ4n) is 4.39. The van der Waals surface area contributed by atoms with Crippen LogP contribution in [0.15, 0.2) is 42.5 Å². The first-order valence-electron chi connectivity index (χ1n) is 9.77. The van der Waals surface area contributed by atoms with Gasteiger partial charge in [0.05, 0.1) is 12.1 Å². The summed E-state index contributed by atoms with van der Waals surface area (Å²) in [5, 5.41) is 3.28. The van der Waals surface area contributed by atoms with Crippen molar-refractivity contribution in [3.05, 3.63) is 65.0 Å². The highest BCUT2D eigenvalue weighted by Crippen LogP contribution is 2.31. The van der Waals surface area contributed by atoms with Crippen LogP contribution < -0.4 is 11.1 Å². The van der Waals surface area contributed by atoms with Crippen LogP contribution in [0.2, 0.25) is 0 Å². The Labute approximate surface area is 159 Å². The van der Waals surface area contributed by atoms with Gasteiger partial charge in [0.25, 0.3) is 0 Å². The molecule has 2 aromatic carbocycles. The summed E-state index contributed by atoms with van der Waals surface area (Å²) in [5.41, 5.74) is 10.2. The van der Waals surface area contributed by atoms with Crippen LogP contribution in [-0.4, -0.2) is 23.4 Å². The smallest absolute Gasteiger partial charge is 0.237 e. The number of rotatable bonds is 4. The summed E-state index contributed by atoms with van der Waals surface area (Å²) >= 11 is 0. The molecule has 1 amide bonds. The van der Waals surface area contributed by atoms with E-state index in [2.05, 4.69) is 16.3 Å². The van der Waals surface area contributed by atoms with E-state index in [-0.39, 0.29) is 23.8 Å². The number of amides is 1. The Kier molecular flexibility index (Phi) is 5.12. The average molecular weight is 367 g/mol. The average Bonchev–Trinajstić information content (AvgIpc) is 3.12. The van der Waals surface area contributed by atoms with E-state index in [1.165, 1.54) is 23.3 Å². The molecule has 2 atom stereocenters. The summed E-state index contributed by atoms with van der Waals surface area (Å²) in [6.07, 6.45) is 4.93. The third kappa shape index (κ3) is 3.98. The van der Waals surface area contributed by atoms with Gasteiger partial charge < -0.3 is 11.1 Å². The van der Waals surface area contributed by atoms with E-state index in [0.717, 1.165) is 49.9 Å². The molecule has 5 heteroatoms. The molecule has 3 N–H and O–H groups in total. The van der Waals surface area contributed by atoms with Crippen LogP contribution in [0.1, 0.15) is 48.4 Å². The van der Waals surface area contributed by atoms with Crippen molar-refractivity contribution in [1.82, 2.24) is 10.2 Å². The lowest BCUT2D eigenvalue weighted by atomic mass is 9.87. The minimum atomic E-state index is -0.230. The fraction of sp³-hybridized carbons (Fsp3) is 0.409. The van der Waals surface area contributed by atoms with Crippen LogP contribution in [0.5, 0.6) is 0 Å². The van der Waals surface area contributed by atoms with Crippen LogP contribution in [0.3, 0.4) is 0 Å². The van der Waals surface area contributed by atoms with Gasteiger partial charge in [-0.05, 0) is 79.6 Å². The van der Waals surface area contributed by atoms with Gasteiger partial charge in [-0.3, -0.25) is 9.69 Å². The number of carbonyl (C=O) groups excluding carboxylic acids is 1. The summed E-state index contributed by atoms with van der Waals surface area (Å²) in [7, 11) is 0. The maximum absolute atomic E-state index is 13.1. The van der Waals surface area contributed by atoms with Crippen LogP contribution in [0.25, 0.3) is 0 Å². The van der Waals surface area contributed by atoms with Crippen molar-refractivity contribution in [2.24, 2.45) is 0 Å². The Hall–Kier alpha value is -2.40. The lowest BCUT2D eigenvalue weighted by Gasteiger charge is -2.30. The quantitative estimate of drug-likeness (QED) is 0.813. The second-order valence-electron chi connectivity index (χ2n) is 7.67. The number of halogens is 1. The van der Waals surface area contributed by atoms with E-state index in [1.54, 1.807) is 12.1 Å². The van der Waals surface area contributed by atoms with Gasteiger partial charge in [0.15, 0.2) is 0 Å². The van der Waals surface area contributed by atoms with Gasteiger partial charge in [0.2, 0.25) is 5.91 Å². The van der Waals surface area contributed by atoms with Crippen molar-refractivity contribution >= 4 is 11.6 Å². The normalized spacial score (nSPS) is 22.4. The number of nitrogens with one attached hydrogen (secondary N) is 1. The summed E-state index contributed by atoms with van der Waals surface area (Å²) in [5.74, 6) is -0.129. The van der Waals surface area contributed by atoms with E-state index in [1.807, 2.05) is 12.1 Å². The maximum Gasteiger partial charge on any atom is 0.237 e. The van der Waals surface area contributed by atoms with Crippen LogP contribution in [-0.2, 0) is 17.8 Å². The molecule has 4 nitrogen and oxygen atoms in total. The third-order valence-corrected chi connectivity index (χ3v) is 5.76. The maximum atomic E-state index is 13.1. The van der Waals surface area contributed by atoms with Gasteiger partial charge in [-0.15, -0.1) is 0 Å². The molecular weight excluding hydrogens is 341 g/mol. The summed E-state index contributed by atoms with van der Waals surface area (Å²) in [4.78, 5) is 15.2. The van der Waals surface area contributed by atoms with E-state index < -0.39 is 0 Å². The highest BCUT2D eigenvalue weighted by Gasteiger charge is 2.32. The van der Waals surface area contributed by atoms with Gasteiger partial charge in [0, 0.05) is 12.2 Å². The predicted molar refractivity (Wildman–Crippen MR) is 105 cm³/mol. The second kappa shape index (κ2) is 7.69. The number of anilines is 1. The third-order valence-electron chi connectivity index (χ3n) is 5.76. The number of hydrogen-bond acceptors (Lipinski definition) is 3. The highest BCUT2D eigenvalue weighted by molar-refractivity contribution is 5.82. The Morgan fingerprint density at radius 2 is 1.96 bits per heavy atom. The minimum absolute atomic E-state index is 0.0649. The molecule has 0 radical (unpaired) electrons. The molecule has 1 aliphatic heterocycles. The molecule has 0 spiro atoms. The van der Waals surface area contributed by atoms with Gasteiger partial charge in [-0.1, -0.05) is 18.2 Å². The zero-order valence-corrected chi connectivity index (χ0v) is 15.5. The van der Waals surface area contributed by atoms with Crippen molar-refractivity contribution in [1.29, 1.82) is 0 Å². The number of nitrogens with zero attached hydrogens (tertiary/aromatic N) is 1. The van der Waals surface area contributed by atoms with Crippen molar-refractivity contribution in [3.63, 3.8) is 0 Å². The summed E-state index contributed by atoms with van der Waals surface area (Å²) < 4.78 is 13.1. The SMILES string of the molecule is Nc1ccc2c(c1)CCCC2NC(=O)C1CCCN1Cc1ccc(F)cc1. The van der Waals surface area contributed by atoms with Crippen molar-refractivity contribution in [3.8, 4) is 0 Å². The number of benzene rings is 2. The highest BCUT2D eigenvalue weighted by atomic mass is 19.1. The molecule has 2 aliphatic rings. The zero-order chi connectivity index (χ0) is 18.8. The number of nitrogen functional groups attached to an aromatic ring is 1. The number of aryl methyl sites for hydroxylation is 1. The van der Waals surface area contributed by atoms with E-state index in [9.17, 15) is 9.18 Å². The fourth-order valence-corrected chi connectivity index (χ4v) is 4.39. The van der Waals surface area contributed by atoms with Gasteiger partial charge in [0.1, 0.15) is 5.82 Å². The van der Waals surface area contributed by atoms with Crippen molar-refractivity contribution < 1.29 is 9.18 Å². The zero-order valence-electron chi connectivity index (χ0n) is 15.5. The Morgan fingerprint density at radius 1 is 1.15 bits per heavy atom. The Bertz CT molecular complexity index is 821. The molecule has 0 bridgehead atoms. The van der Waals surface area contributed by atoms with E-state index in [0.29, 0.717) is 6.54 Å². The first kappa shape index (κ1) is 18.0. The molecule has 1 aliphatic carbocycles. The first-order valence-corrected chi connectivity index (χ1v) is 9.77. The van der Waals surface area contributed by atoms with Crippen molar-refractivity contribution in [2.75, 3.05) is 12.3 Å².